The fourth-order valence-corrected chi connectivity index (χ4v) is 2.29. The molecular weight excluding hydrogens is 262 g/mol. The van der Waals surface area contributed by atoms with Gasteiger partial charge in [0.1, 0.15) is 0 Å². The van der Waals surface area contributed by atoms with Crippen LogP contribution in [-0.2, 0) is 11.3 Å². The van der Waals surface area contributed by atoms with Gasteiger partial charge < -0.3 is 14.6 Å². The van der Waals surface area contributed by atoms with Crippen molar-refractivity contribution in [3.8, 4) is 6.07 Å². The van der Waals surface area contributed by atoms with E-state index in [1.165, 1.54) is 5.39 Å². The van der Waals surface area contributed by atoms with Gasteiger partial charge in [0.2, 0.25) is 0 Å². The number of benzene rings is 1. The molecule has 0 unspecified atom stereocenters. The average molecular weight is 285 g/mol. The number of aromatic nitrogens is 1. The van der Waals surface area contributed by atoms with E-state index in [0.29, 0.717) is 11.7 Å². The summed E-state index contributed by atoms with van der Waals surface area (Å²) in [6, 6.07) is 10.1. The minimum atomic E-state index is 0.311. The SMILES string of the molecule is CC(C)OCCCNCCn1ccc2ccc(C#N)cc21. The van der Waals surface area contributed by atoms with Crippen molar-refractivity contribution in [2.45, 2.75) is 32.9 Å². The second kappa shape index (κ2) is 7.82. The minimum Gasteiger partial charge on any atom is -0.379 e. The van der Waals surface area contributed by atoms with Crippen LogP contribution in [0.1, 0.15) is 25.8 Å². The molecule has 0 atom stereocenters. The normalized spacial score (nSPS) is 11.1. The highest BCUT2D eigenvalue weighted by Crippen LogP contribution is 2.17. The molecule has 1 heterocycles. The molecule has 0 fully saturated rings. The third kappa shape index (κ3) is 4.59. The first-order valence-electron chi connectivity index (χ1n) is 7.52. The van der Waals surface area contributed by atoms with E-state index in [1.807, 2.05) is 18.2 Å². The van der Waals surface area contributed by atoms with Crippen molar-refractivity contribution in [2.24, 2.45) is 0 Å². The van der Waals surface area contributed by atoms with Gasteiger partial charge in [0.15, 0.2) is 0 Å². The maximum Gasteiger partial charge on any atom is 0.0992 e. The van der Waals surface area contributed by atoms with Crippen LogP contribution in [0.3, 0.4) is 0 Å². The summed E-state index contributed by atoms with van der Waals surface area (Å²) in [6.07, 6.45) is 3.42. The minimum absolute atomic E-state index is 0.311. The van der Waals surface area contributed by atoms with Crippen molar-refractivity contribution < 1.29 is 4.74 Å². The second-order valence-corrected chi connectivity index (χ2v) is 5.42. The molecule has 2 rings (SSSR count). The smallest absolute Gasteiger partial charge is 0.0992 e. The molecule has 4 nitrogen and oxygen atoms in total. The lowest BCUT2D eigenvalue weighted by molar-refractivity contribution is 0.0771. The number of nitriles is 1. The number of hydrogen-bond donors (Lipinski definition) is 1. The van der Waals surface area contributed by atoms with Crippen molar-refractivity contribution in [2.75, 3.05) is 19.7 Å². The Hall–Kier alpha value is -1.83. The molecule has 0 amide bonds. The quantitative estimate of drug-likeness (QED) is 0.759. The molecule has 0 saturated heterocycles. The Labute approximate surface area is 126 Å². The van der Waals surface area contributed by atoms with E-state index in [4.69, 9.17) is 10.00 Å². The van der Waals surface area contributed by atoms with E-state index in [-0.39, 0.29) is 0 Å². The highest BCUT2D eigenvalue weighted by Gasteiger charge is 2.02. The van der Waals surface area contributed by atoms with Gasteiger partial charge in [0.25, 0.3) is 0 Å². The highest BCUT2D eigenvalue weighted by atomic mass is 16.5. The zero-order chi connectivity index (χ0) is 15.1. The van der Waals surface area contributed by atoms with Crippen molar-refractivity contribution in [3.63, 3.8) is 0 Å². The second-order valence-electron chi connectivity index (χ2n) is 5.42. The van der Waals surface area contributed by atoms with Crippen molar-refractivity contribution in [1.82, 2.24) is 9.88 Å². The van der Waals surface area contributed by atoms with Crippen LogP contribution in [0.25, 0.3) is 10.9 Å². The van der Waals surface area contributed by atoms with Gasteiger partial charge in [-0.1, -0.05) is 6.07 Å². The zero-order valence-corrected chi connectivity index (χ0v) is 12.8. The topological polar surface area (TPSA) is 50.0 Å². The number of fused-ring (bicyclic) bond motifs is 1. The lowest BCUT2D eigenvalue weighted by atomic mass is 10.2. The van der Waals surface area contributed by atoms with Gasteiger partial charge in [0, 0.05) is 31.4 Å². The molecule has 1 N–H and O–H groups in total. The highest BCUT2D eigenvalue weighted by molar-refractivity contribution is 5.81. The van der Waals surface area contributed by atoms with Gasteiger partial charge in [-0.15, -0.1) is 0 Å². The molecule has 2 aromatic rings. The van der Waals surface area contributed by atoms with Gasteiger partial charge in [-0.05, 0) is 50.4 Å². The number of nitrogens with zero attached hydrogens (tertiary/aromatic N) is 2. The van der Waals surface area contributed by atoms with E-state index in [2.05, 4.69) is 42.1 Å². The Morgan fingerprint density at radius 3 is 2.90 bits per heavy atom. The van der Waals surface area contributed by atoms with Crippen molar-refractivity contribution in [1.29, 1.82) is 5.26 Å². The summed E-state index contributed by atoms with van der Waals surface area (Å²) >= 11 is 0. The largest absolute Gasteiger partial charge is 0.379 e. The molecule has 112 valence electrons. The molecule has 0 saturated carbocycles. The van der Waals surface area contributed by atoms with Crippen LogP contribution >= 0.6 is 0 Å². The summed E-state index contributed by atoms with van der Waals surface area (Å²) in [6.45, 7) is 7.71. The van der Waals surface area contributed by atoms with Crippen LogP contribution in [0.15, 0.2) is 30.5 Å². The van der Waals surface area contributed by atoms with E-state index < -0.39 is 0 Å². The van der Waals surface area contributed by atoms with Crippen LogP contribution in [0.5, 0.6) is 0 Å². The molecule has 0 radical (unpaired) electrons. The summed E-state index contributed by atoms with van der Waals surface area (Å²) in [4.78, 5) is 0. The van der Waals surface area contributed by atoms with Gasteiger partial charge in [-0.25, -0.2) is 0 Å². The van der Waals surface area contributed by atoms with E-state index in [9.17, 15) is 0 Å². The van der Waals surface area contributed by atoms with Crippen molar-refractivity contribution in [3.05, 3.63) is 36.0 Å². The number of rotatable bonds is 8. The maximum atomic E-state index is 8.98. The molecule has 0 bridgehead atoms. The third-order valence-electron chi connectivity index (χ3n) is 3.38. The zero-order valence-electron chi connectivity index (χ0n) is 12.8. The fraction of sp³-hybridized carbons (Fsp3) is 0.471. The Bertz CT molecular complexity index is 610. The predicted molar refractivity (Wildman–Crippen MR) is 85.2 cm³/mol. The Kier molecular flexibility index (Phi) is 5.79. The van der Waals surface area contributed by atoms with Crippen LogP contribution < -0.4 is 5.32 Å². The monoisotopic (exact) mass is 285 g/mol. The summed E-state index contributed by atoms with van der Waals surface area (Å²) in [7, 11) is 0. The first-order valence-corrected chi connectivity index (χ1v) is 7.52. The summed E-state index contributed by atoms with van der Waals surface area (Å²) in [5.41, 5.74) is 1.83. The Balaban J connectivity index is 1.77. The van der Waals surface area contributed by atoms with E-state index in [0.717, 1.165) is 38.2 Å². The van der Waals surface area contributed by atoms with Crippen LogP contribution in [-0.4, -0.2) is 30.4 Å². The van der Waals surface area contributed by atoms with E-state index >= 15 is 0 Å². The summed E-state index contributed by atoms with van der Waals surface area (Å²) in [5.74, 6) is 0. The molecule has 0 aliphatic heterocycles. The summed E-state index contributed by atoms with van der Waals surface area (Å²) in [5, 5.41) is 13.6. The van der Waals surface area contributed by atoms with Gasteiger partial charge in [-0.2, -0.15) is 5.26 Å². The van der Waals surface area contributed by atoms with Gasteiger partial charge >= 0.3 is 0 Å². The molecule has 0 aliphatic carbocycles. The molecular formula is C17H23N3O. The molecule has 0 spiro atoms. The standard InChI is InChI=1S/C17H23N3O/c1-14(2)21-11-3-7-19-8-10-20-9-6-16-5-4-15(13-18)12-17(16)20/h4-6,9,12,14,19H,3,7-8,10-11H2,1-2H3. The van der Waals surface area contributed by atoms with Gasteiger partial charge in [0.05, 0.1) is 17.7 Å². The van der Waals surface area contributed by atoms with E-state index in [1.54, 1.807) is 0 Å². The number of hydrogen-bond acceptors (Lipinski definition) is 3. The molecule has 4 heteroatoms. The van der Waals surface area contributed by atoms with Crippen LogP contribution in [0, 0.1) is 11.3 Å². The first kappa shape index (κ1) is 15.6. The first-order chi connectivity index (χ1) is 10.2. The fourth-order valence-electron chi connectivity index (χ4n) is 2.29. The lowest BCUT2D eigenvalue weighted by Crippen LogP contribution is -2.22. The van der Waals surface area contributed by atoms with Crippen LogP contribution in [0.2, 0.25) is 0 Å². The molecule has 21 heavy (non-hydrogen) atoms. The third-order valence-corrected chi connectivity index (χ3v) is 3.38. The molecule has 1 aromatic heterocycles. The maximum absolute atomic E-state index is 8.98. The van der Waals surface area contributed by atoms with Gasteiger partial charge in [-0.3, -0.25) is 0 Å². The van der Waals surface area contributed by atoms with Crippen molar-refractivity contribution >= 4 is 10.9 Å². The lowest BCUT2D eigenvalue weighted by Gasteiger charge is -2.09. The number of nitrogens with one attached hydrogen (secondary N) is 1. The number of ether oxygens (including phenoxy) is 1. The molecule has 1 aromatic carbocycles. The molecule has 0 aliphatic rings. The van der Waals surface area contributed by atoms with Crippen LogP contribution in [0.4, 0.5) is 0 Å². The summed E-state index contributed by atoms with van der Waals surface area (Å²) < 4.78 is 7.69. The predicted octanol–water partition coefficient (Wildman–Crippen LogP) is 2.92. The Morgan fingerprint density at radius 2 is 2.14 bits per heavy atom. The Morgan fingerprint density at radius 1 is 1.29 bits per heavy atom. The average Bonchev–Trinajstić information content (AvgIpc) is 2.88.